The van der Waals surface area contributed by atoms with Crippen LogP contribution in [0.5, 0.6) is 5.75 Å². The van der Waals surface area contributed by atoms with Gasteiger partial charge in [0.05, 0.1) is 25.0 Å². The van der Waals surface area contributed by atoms with E-state index in [2.05, 4.69) is 10.1 Å². The van der Waals surface area contributed by atoms with Crippen molar-refractivity contribution < 1.29 is 14.1 Å². The van der Waals surface area contributed by atoms with E-state index in [1.54, 1.807) is 23.3 Å². The third kappa shape index (κ3) is 4.11. The van der Waals surface area contributed by atoms with Crippen molar-refractivity contribution in [3.8, 4) is 16.5 Å². The second-order valence-electron chi connectivity index (χ2n) is 5.88. The molecule has 0 radical (unpaired) electrons. The van der Waals surface area contributed by atoms with Crippen LogP contribution in [0.25, 0.3) is 10.7 Å². The highest BCUT2D eigenvalue weighted by atomic mass is 32.1. The standard InChI is InChI=1S/C19H21N3O3S/c1-4-22(12-17-20-19(21-25-17)16-6-5-9-26-16)18(23)11-14-7-8-15(24-3)13(2)10-14/h5-10H,4,11-12H2,1-3H3. The maximum absolute atomic E-state index is 12.7. The topological polar surface area (TPSA) is 68.5 Å². The predicted molar refractivity (Wildman–Crippen MR) is 100 cm³/mol. The fraction of sp³-hybridized carbons (Fsp3) is 0.316. The molecule has 0 bridgehead atoms. The van der Waals surface area contributed by atoms with Gasteiger partial charge in [0.2, 0.25) is 17.6 Å². The fourth-order valence-corrected chi connectivity index (χ4v) is 3.35. The summed E-state index contributed by atoms with van der Waals surface area (Å²) >= 11 is 1.55. The average Bonchev–Trinajstić information content (AvgIpc) is 3.31. The van der Waals surface area contributed by atoms with Crippen molar-refractivity contribution in [2.24, 2.45) is 0 Å². The van der Waals surface area contributed by atoms with E-state index in [0.29, 0.717) is 31.2 Å². The number of hydrogen-bond donors (Lipinski definition) is 0. The van der Waals surface area contributed by atoms with Crippen molar-refractivity contribution in [2.75, 3.05) is 13.7 Å². The maximum Gasteiger partial charge on any atom is 0.246 e. The normalized spacial score (nSPS) is 10.7. The van der Waals surface area contributed by atoms with Crippen molar-refractivity contribution in [1.29, 1.82) is 0 Å². The van der Waals surface area contributed by atoms with Gasteiger partial charge in [0, 0.05) is 6.54 Å². The minimum atomic E-state index is 0.0212. The Balaban J connectivity index is 1.66. The Morgan fingerprint density at radius 3 is 2.85 bits per heavy atom. The van der Waals surface area contributed by atoms with Gasteiger partial charge in [-0.1, -0.05) is 23.4 Å². The number of benzene rings is 1. The van der Waals surface area contributed by atoms with Gasteiger partial charge in [-0.3, -0.25) is 4.79 Å². The first-order valence-electron chi connectivity index (χ1n) is 8.38. The van der Waals surface area contributed by atoms with Crippen LogP contribution >= 0.6 is 11.3 Å². The van der Waals surface area contributed by atoms with Crippen LogP contribution in [0.1, 0.15) is 23.9 Å². The molecule has 0 aliphatic heterocycles. The lowest BCUT2D eigenvalue weighted by molar-refractivity contribution is -0.131. The highest BCUT2D eigenvalue weighted by molar-refractivity contribution is 7.13. The lowest BCUT2D eigenvalue weighted by atomic mass is 10.1. The quantitative estimate of drug-likeness (QED) is 0.633. The van der Waals surface area contributed by atoms with Crippen LogP contribution in [0.3, 0.4) is 0 Å². The van der Waals surface area contributed by atoms with Gasteiger partial charge in [0.15, 0.2) is 0 Å². The van der Waals surface area contributed by atoms with Crippen molar-refractivity contribution in [2.45, 2.75) is 26.8 Å². The van der Waals surface area contributed by atoms with E-state index in [4.69, 9.17) is 9.26 Å². The Kier molecular flexibility index (Phi) is 5.68. The number of rotatable bonds is 7. The molecule has 2 aromatic heterocycles. The van der Waals surface area contributed by atoms with Crippen LogP contribution in [0.15, 0.2) is 40.2 Å². The molecular weight excluding hydrogens is 350 g/mol. The molecule has 0 saturated heterocycles. The zero-order valence-electron chi connectivity index (χ0n) is 15.1. The minimum absolute atomic E-state index is 0.0212. The number of methoxy groups -OCH3 is 1. The molecule has 0 aliphatic carbocycles. The molecule has 0 N–H and O–H groups in total. The van der Waals surface area contributed by atoms with Gasteiger partial charge in [-0.05, 0) is 42.5 Å². The van der Waals surface area contributed by atoms with E-state index in [1.165, 1.54) is 0 Å². The summed E-state index contributed by atoms with van der Waals surface area (Å²) in [6.07, 6.45) is 0.324. The Morgan fingerprint density at radius 2 is 2.19 bits per heavy atom. The Labute approximate surface area is 156 Å². The second-order valence-corrected chi connectivity index (χ2v) is 6.83. The predicted octanol–water partition coefficient (Wildman–Crippen LogP) is 3.71. The number of carbonyl (C=O) groups is 1. The number of hydrogen-bond acceptors (Lipinski definition) is 6. The van der Waals surface area contributed by atoms with Gasteiger partial charge < -0.3 is 14.2 Å². The molecule has 0 unspecified atom stereocenters. The molecule has 0 aliphatic rings. The van der Waals surface area contributed by atoms with Crippen LogP contribution in [-0.2, 0) is 17.8 Å². The van der Waals surface area contributed by atoms with E-state index < -0.39 is 0 Å². The van der Waals surface area contributed by atoms with Crippen LogP contribution in [0, 0.1) is 6.92 Å². The number of aryl methyl sites for hydroxylation is 1. The van der Waals surface area contributed by atoms with Gasteiger partial charge in [-0.2, -0.15) is 4.98 Å². The molecule has 0 fully saturated rings. The number of carbonyl (C=O) groups excluding carboxylic acids is 1. The van der Waals surface area contributed by atoms with Gasteiger partial charge in [-0.15, -0.1) is 11.3 Å². The van der Waals surface area contributed by atoms with Crippen LogP contribution in [0.2, 0.25) is 0 Å². The molecule has 3 rings (SSSR count). The molecule has 7 heteroatoms. The van der Waals surface area contributed by atoms with E-state index >= 15 is 0 Å². The number of aromatic nitrogens is 2. The summed E-state index contributed by atoms with van der Waals surface area (Å²) in [5.41, 5.74) is 1.97. The monoisotopic (exact) mass is 371 g/mol. The van der Waals surface area contributed by atoms with E-state index in [1.807, 2.05) is 49.6 Å². The third-order valence-electron chi connectivity index (χ3n) is 4.08. The molecular formula is C19H21N3O3S. The smallest absolute Gasteiger partial charge is 0.246 e. The summed E-state index contributed by atoms with van der Waals surface area (Å²) in [5.74, 6) is 1.84. The first-order valence-corrected chi connectivity index (χ1v) is 9.26. The van der Waals surface area contributed by atoms with E-state index in [0.717, 1.165) is 21.8 Å². The second kappa shape index (κ2) is 8.14. The van der Waals surface area contributed by atoms with Gasteiger partial charge in [-0.25, -0.2) is 0 Å². The first-order chi connectivity index (χ1) is 12.6. The molecule has 136 valence electrons. The van der Waals surface area contributed by atoms with Gasteiger partial charge in [0.25, 0.3) is 0 Å². The average molecular weight is 371 g/mol. The molecule has 0 spiro atoms. The highest BCUT2D eigenvalue weighted by Crippen LogP contribution is 2.22. The molecule has 1 amide bonds. The summed E-state index contributed by atoms with van der Waals surface area (Å²) in [6.45, 7) is 4.79. The number of nitrogens with zero attached hydrogens (tertiary/aromatic N) is 3. The third-order valence-corrected chi connectivity index (χ3v) is 4.95. The Bertz CT molecular complexity index is 874. The van der Waals surface area contributed by atoms with Crippen molar-refractivity contribution in [3.05, 3.63) is 52.7 Å². The lowest BCUT2D eigenvalue weighted by Crippen LogP contribution is -2.31. The van der Waals surface area contributed by atoms with Crippen molar-refractivity contribution in [3.63, 3.8) is 0 Å². The van der Waals surface area contributed by atoms with E-state index in [-0.39, 0.29) is 5.91 Å². The number of thiophene rings is 1. The van der Waals surface area contributed by atoms with Crippen LogP contribution < -0.4 is 4.74 Å². The lowest BCUT2D eigenvalue weighted by Gasteiger charge is -2.19. The SMILES string of the molecule is CCN(Cc1nc(-c2cccs2)no1)C(=O)Cc1ccc(OC)c(C)c1. The largest absolute Gasteiger partial charge is 0.496 e. The van der Waals surface area contributed by atoms with Crippen LogP contribution in [-0.4, -0.2) is 34.6 Å². The Hall–Kier alpha value is -2.67. The number of likely N-dealkylation sites (N-methyl/N-ethyl adjacent to an activating group) is 1. The minimum Gasteiger partial charge on any atom is -0.496 e. The molecule has 0 atom stereocenters. The molecule has 6 nitrogen and oxygen atoms in total. The highest BCUT2D eigenvalue weighted by Gasteiger charge is 2.17. The summed E-state index contributed by atoms with van der Waals surface area (Å²) < 4.78 is 10.6. The van der Waals surface area contributed by atoms with Gasteiger partial charge in [0.1, 0.15) is 5.75 Å². The van der Waals surface area contributed by atoms with Gasteiger partial charge >= 0.3 is 0 Å². The maximum atomic E-state index is 12.7. The molecule has 26 heavy (non-hydrogen) atoms. The number of amides is 1. The summed E-state index contributed by atoms with van der Waals surface area (Å²) in [4.78, 5) is 19.7. The summed E-state index contributed by atoms with van der Waals surface area (Å²) in [6, 6.07) is 9.66. The first kappa shape index (κ1) is 18.1. The molecule has 1 aromatic carbocycles. The summed E-state index contributed by atoms with van der Waals surface area (Å²) in [7, 11) is 1.64. The number of ether oxygens (including phenoxy) is 1. The molecule has 3 aromatic rings. The molecule has 2 heterocycles. The van der Waals surface area contributed by atoms with E-state index in [9.17, 15) is 4.79 Å². The van der Waals surface area contributed by atoms with Crippen LogP contribution in [0.4, 0.5) is 0 Å². The van der Waals surface area contributed by atoms with Crippen molar-refractivity contribution >= 4 is 17.2 Å². The molecule has 0 saturated carbocycles. The fourth-order valence-electron chi connectivity index (χ4n) is 2.70. The zero-order valence-corrected chi connectivity index (χ0v) is 15.9. The van der Waals surface area contributed by atoms with Crippen molar-refractivity contribution in [1.82, 2.24) is 15.0 Å². The zero-order chi connectivity index (χ0) is 18.5. The summed E-state index contributed by atoms with van der Waals surface area (Å²) in [5, 5.41) is 5.95. The Morgan fingerprint density at radius 1 is 1.35 bits per heavy atom.